The van der Waals surface area contributed by atoms with Gasteiger partial charge in [0.1, 0.15) is 5.75 Å². The molecule has 1 N–H and O–H groups in total. The summed E-state index contributed by atoms with van der Waals surface area (Å²) >= 11 is 0. The van der Waals surface area contributed by atoms with Crippen LogP contribution in [0.4, 0.5) is 0 Å². The highest BCUT2D eigenvalue weighted by atomic mass is 16.5. The lowest BCUT2D eigenvalue weighted by Gasteiger charge is -2.21. The molecule has 1 aromatic carbocycles. The Kier molecular flexibility index (Phi) is 8.16. The van der Waals surface area contributed by atoms with E-state index in [4.69, 9.17) is 4.74 Å². The quantitative estimate of drug-likeness (QED) is 0.759. The monoisotopic (exact) mass is 320 g/mol. The van der Waals surface area contributed by atoms with Crippen molar-refractivity contribution in [2.75, 3.05) is 26.7 Å². The van der Waals surface area contributed by atoms with E-state index < -0.39 is 0 Å². The summed E-state index contributed by atoms with van der Waals surface area (Å²) in [6, 6.07) is 7.72. The number of carbonyl (C=O) groups is 2. The van der Waals surface area contributed by atoms with Gasteiger partial charge in [-0.3, -0.25) is 9.59 Å². The van der Waals surface area contributed by atoms with Crippen LogP contribution in [0.2, 0.25) is 0 Å². The van der Waals surface area contributed by atoms with E-state index in [9.17, 15) is 9.59 Å². The summed E-state index contributed by atoms with van der Waals surface area (Å²) in [5.74, 6) is 1.14. The molecule has 5 nitrogen and oxygen atoms in total. The molecule has 1 rings (SSSR count). The van der Waals surface area contributed by atoms with Gasteiger partial charge in [-0.1, -0.05) is 32.0 Å². The molecule has 0 radical (unpaired) electrons. The maximum absolute atomic E-state index is 11.9. The van der Waals surface area contributed by atoms with Gasteiger partial charge in [-0.05, 0) is 30.4 Å². The minimum Gasteiger partial charge on any atom is -0.496 e. The van der Waals surface area contributed by atoms with E-state index in [0.29, 0.717) is 25.4 Å². The maximum Gasteiger partial charge on any atom is 0.239 e. The molecule has 5 heteroatoms. The molecule has 23 heavy (non-hydrogen) atoms. The van der Waals surface area contributed by atoms with E-state index in [1.165, 1.54) is 6.92 Å². The molecule has 0 heterocycles. The largest absolute Gasteiger partial charge is 0.496 e. The topological polar surface area (TPSA) is 58.6 Å². The molecule has 2 amide bonds. The Morgan fingerprint density at radius 1 is 1.26 bits per heavy atom. The van der Waals surface area contributed by atoms with E-state index in [-0.39, 0.29) is 18.4 Å². The standard InChI is InChI=1S/C18H28N2O3/c1-14(2)9-11-19-18(22)13-20(15(3)21)12-10-16-7-5-6-8-17(16)23-4/h5-8,14H,9-13H2,1-4H3,(H,19,22). The Balaban J connectivity index is 2.52. The van der Waals surface area contributed by atoms with Gasteiger partial charge < -0.3 is 15.0 Å². The molecule has 0 aromatic heterocycles. The summed E-state index contributed by atoms with van der Waals surface area (Å²) in [7, 11) is 1.63. The van der Waals surface area contributed by atoms with Gasteiger partial charge in [-0.25, -0.2) is 0 Å². The molecule has 0 spiro atoms. The summed E-state index contributed by atoms with van der Waals surface area (Å²) in [4.78, 5) is 25.3. The molecule has 0 unspecified atom stereocenters. The average Bonchev–Trinajstić information content (AvgIpc) is 2.51. The van der Waals surface area contributed by atoms with E-state index >= 15 is 0 Å². The third-order valence-corrected chi connectivity index (χ3v) is 3.67. The molecular formula is C18H28N2O3. The lowest BCUT2D eigenvalue weighted by Crippen LogP contribution is -2.41. The number of methoxy groups -OCH3 is 1. The predicted molar refractivity (Wildman–Crippen MR) is 91.4 cm³/mol. The third kappa shape index (κ3) is 7.17. The van der Waals surface area contributed by atoms with Crippen molar-refractivity contribution >= 4 is 11.8 Å². The normalized spacial score (nSPS) is 10.5. The van der Waals surface area contributed by atoms with Crippen LogP contribution in [-0.2, 0) is 16.0 Å². The first kappa shape index (κ1) is 19.0. The number of benzene rings is 1. The number of amides is 2. The van der Waals surface area contributed by atoms with Crippen LogP contribution in [0.25, 0.3) is 0 Å². The molecule has 128 valence electrons. The molecule has 0 fully saturated rings. The van der Waals surface area contributed by atoms with Gasteiger partial charge >= 0.3 is 0 Å². The Morgan fingerprint density at radius 3 is 2.57 bits per heavy atom. The SMILES string of the molecule is COc1ccccc1CCN(CC(=O)NCCC(C)C)C(C)=O. The van der Waals surface area contributed by atoms with Gasteiger partial charge in [0.2, 0.25) is 11.8 Å². The molecule has 0 aliphatic heterocycles. The van der Waals surface area contributed by atoms with E-state index in [1.54, 1.807) is 12.0 Å². The zero-order valence-electron chi connectivity index (χ0n) is 14.6. The lowest BCUT2D eigenvalue weighted by molar-refractivity contribution is -0.134. The van der Waals surface area contributed by atoms with Gasteiger partial charge in [0.05, 0.1) is 13.7 Å². The van der Waals surface area contributed by atoms with Gasteiger partial charge in [-0.15, -0.1) is 0 Å². The zero-order chi connectivity index (χ0) is 17.2. The van der Waals surface area contributed by atoms with Crippen LogP contribution in [0.15, 0.2) is 24.3 Å². The maximum atomic E-state index is 11.9. The second kappa shape index (κ2) is 9.87. The smallest absolute Gasteiger partial charge is 0.239 e. The molecule has 1 aromatic rings. The first-order valence-corrected chi connectivity index (χ1v) is 8.08. The van der Waals surface area contributed by atoms with Crippen molar-refractivity contribution in [1.29, 1.82) is 0 Å². The Morgan fingerprint density at radius 2 is 1.96 bits per heavy atom. The number of nitrogens with one attached hydrogen (secondary N) is 1. The van der Waals surface area contributed by atoms with Crippen LogP contribution in [0.1, 0.15) is 32.8 Å². The highest BCUT2D eigenvalue weighted by molar-refractivity contribution is 5.83. The molecule has 0 aliphatic carbocycles. The van der Waals surface area contributed by atoms with Crippen molar-refractivity contribution in [1.82, 2.24) is 10.2 Å². The van der Waals surface area contributed by atoms with Gasteiger partial charge in [-0.2, -0.15) is 0 Å². The van der Waals surface area contributed by atoms with Crippen LogP contribution in [-0.4, -0.2) is 43.5 Å². The number of hydrogen-bond acceptors (Lipinski definition) is 3. The highest BCUT2D eigenvalue weighted by Gasteiger charge is 2.14. The number of rotatable bonds is 9. The third-order valence-electron chi connectivity index (χ3n) is 3.67. The van der Waals surface area contributed by atoms with Crippen LogP contribution in [0.3, 0.4) is 0 Å². The number of para-hydroxylation sites is 1. The van der Waals surface area contributed by atoms with E-state index in [2.05, 4.69) is 19.2 Å². The van der Waals surface area contributed by atoms with Crippen molar-refractivity contribution in [2.45, 2.75) is 33.6 Å². The fraction of sp³-hybridized carbons (Fsp3) is 0.556. The van der Waals surface area contributed by atoms with Gasteiger partial charge in [0, 0.05) is 20.0 Å². The summed E-state index contributed by atoms with van der Waals surface area (Å²) in [5, 5.41) is 2.86. The summed E-state index contributed by atoms with van der Waals surface area (Å²) in [5.41, 5.74) is 1.03. The van der Waals surface area contributed by atoms with Crippen LogP contribution in [0, 0.1) is 5.92 Å². The average molecular weight is 320 g/mol. The van der Waals surface area contributed by atoms with Crippen LogP contribution >= 0.6 is 0 Å². The number of nitrogens with zero attached hydrogens (tertiary/aromatic N) is 1. The zero-order valence-corrected chi connectivity index (χ0v) is 14.6. The van der Waals surface area contributed by atoms with Crippen molar-refractivity contribution < 1.29 is 14.3 Å². The van der Waals surface area contributed by atoms with E-state index in [1.807, 2.05) is 24.3 Å². The second-order valence-electron chi connectivity index (χ2n) is 6.03. The van der Waals surface area contributed by atoms with Crippen molar-refractivity contribution in [3.8, 4) is 5.75 Å². The summed E-state index contributed by atoms with van der Waals surface area (Å²) in [6.45, 7) is 6.96. The molecule has 0 atom stereocenters. The van der Waals surface area contributed by atoms with Gasteiger partial charge in [0.15, 0.2) is 0 Å². The fourth-order valence-corrected chi connectivity index (χ4v) is 2.24. The molecular weight excluding hydrogens is 292 g/mol. The first-order valence-electron chi connectivity index (χ1n) is 8.08. The predicted octanol–water partition coefficient (Wildman–Crippen LogP) is 2.25. The highest BCUT2D eigenvalue weighted by Crippen LogP contribution is 2.18. The minimum atomic E-state index is -0.110. The molecule has 0 saturated heterocycles. The molecule has 0 aliphatic rings. The molecule has 0 bridgehead atoms. The number of carbonyl (C=O) groups excluding carboxylic acids is 2. The minimum absolute atomic E-state index is 0.0982. The first-order chi connectivity index (χ1) is 10.9. The van der Waals surface area contributed by atoms with Gasteiger partial charge in [0.25, 0.3) is 0 Å². The Hall–Kier alpha value is -2.04. The van der Waals surface area contributed by atoms with Crippen molar-refractivity contribution in [2.24, 2.45) is 5.92 Å². The van der Waals surface area contributed by atoms with Crippen LogP contribution < -0.4 is 10.1 Å². The van der Waals surface area contributed by atoms with Crippen LogP contribution in [0.5, 0.6) is 5.75 Å². The lowest BCUT2D eigenvalue weighted by atomic mass is 10.1. The summed E-state index contributed by atoms with van der Waals surface area (Å²) < 4.78 is 5.31. The fourth-order valence-electron chi connectivity index (χ4n) is 2.24. The molecule has 0 saturated carbocycles. The Labute approximate surface area is 139 Å². The van der Waals surface area contributed by atoms with E-state index in [0.717, 1.165) is 17.7 Å². The summed E-state index contributed by atoms with van der Waals surface area (Å²) in [6.07, 6.45) is 1.59. The second-order valence-corrected chi connectivity index (χ2v) is 6.03. The number of ether oxygens (including phenoxy) is 1. The number of hydrogen-bond donors (Lipinski definition) is 1. The van der Waals surface area contributed by atoms with Crippen molar-refractivity contribution in [3.63, 3.8) is 0 Å². The Bertz CT molecular complexity index is 515. The van der Waals surface area contributed by atoms with Crippen molar-refractivity contribution in [3.05, 3.63) is 29.8 Å².